The molecule has 2 rings (SSSR count). The quantitative estimate of drug-likeness (QED) is 0.155. The van der Waals surface area contributed by atoms with Crippen molar-refractivity contribution in [3.8, 4) is 0 Å². The van der Waals surface area contributed by atoms with Crippen molar-refractivity contribution < 1.29 is 54.7 Å². The Morgan fingerprint density at radius 3 is 1.82 bits per heavy atom. The van der Waals surface area contributed by atoms with E-state index in [-0.39, 0.29) is 6.61 Å². The van der Waals surface area contributed by atoms with Gasteiger partial charge in [0.1, 0.15) is 48.8 Å². The molecule has 10 atom stereocenters. The molecule has 0 aromatic heterocycles. The Bertz CT molecular complexity index is 790. The number of aliphatic hydroxyl groups is 7. The van der Waals surface area contributed by atoms with Crippen molar-refractivity contribution in [3.63, 3.8) is 0 Å². The number of allylic oxidation sites excluding steroid dienone is 5. The summed E-state index contributed by atoms with van der Waals surface area (Å²) < 4.78 is 22.1. The second-order valence-corrected chi connectivity index (χ2v) is 10.3. The molecule has 0 amide bonds. The van der Waals surface area contributed by atoms with E-state index in [2.05, 4.69) is 32.9 Å². The highest BCUT2D eigenvalue weighted by atomic mass is 16.7. The monoisotopic (exact) mass is 546 g/mol. The second-order valence-electron chi connectivity index (χ2n) is 10.3. The van der Waals surface area contributed by atoms with Crippen LogP contribution in [0.25, 0.3) is 0 Å². The smallest absolute Gasteiger partial charge is 0.187 e. The summed E-state index contributed by atoms with van der Waals surface area (Å²) in [4.78, 5) is 0. The van der Waals surface area contributed by atoms with Crippen molar-refractivity contribution in [2.45, 2.75) is 115 Å². The van der Waals surface area contributed by atoms with E-state index >= 15 is 0 Å². The highest BCUT2D eigenvalue weighted by molar-refractivity contribution is 5.05. The first-order chi connectivity index (χ1) is 18.0. The number of hydrogen-bond acceptors (Lipinski definition) is 11. The van der Waals surface area contributed by atoms with Gasteiger partial charge in [-0.05, 0) is 53.4 Å². The molecule has 2 aliphatic rings. The number of aliphatic hydroxyl groups excluding tert-OH is 7. The molecule has 11 nitrogen and oxygen atoms in total. The average Bonchev–Trinajstić information content (AvgIpc) is 2.87. The maximum absolute atomic E-state index is 10.7. The molecule has 0 aromatic rings. The van der Waals surface area contributed by atoms with Crippen molar-refractivity contribution in [2.24, 2.45) is 0 Å². The zero-order valence-corrected chi connectivity index (χ0v) is 22.7. The van der Waals surface area contributed by atoms with Crippen molar-refractivity contribution >= 4 is 0 Å². The summed E-state index contributed by atoms with van der Waals surface area (Å²) in [5.74, 6) is 0. The molecule has 0 unspecified atom stereocenters. The molecule has 220 valence electrons. The van der Waals surface area contributed by atoms with Gasteiger partial charge in [-0.15, -0.1) is 0 Å². The topological polar surface area (TPSA) is 179 Å². The molecule has 2 saturated heterocycles. The Balaban J connectivity index is 1.88. The third-order valence-electron chi connectivity index (χ3n) is 6.78. The van der Waals surface area contributed by atoms with Crippen LogP contribution >= 0.6 is 0 Å². The lowest BCUT2D eigenvalue weighted by molar-refractivity contribution is -0.358. The highest BCUT2D eigenvalue weighted by Crippen LogP contribution is 2.29. The fraction of sp³-hybridized carbons (Fsp3) is 0.778. The van der Waals surface area contributed by atoms with Gasteiger partial charge in [-0.3, -0.25) is 0 Å². The van der Waals surface area contributed by atoms with Crippen LogP contribution in [0.5, 0.6) is 0 Å². The summed E-state index contributed by atoms with van der Waals surface area (Å²) in [5.41, 5.74) is 3.75. The van der Waals surface area contributed by atoms with Gasteiger partial charge in [0.05, 0.1) is 19.8 Å². The Morgan fingerprint density at radius 1 is 0.658 bits per heavy atom. The molecule has 38 heavy (non-hydrogen) atoms. The van der Waals surface area contributed by atoms with E-state index in [4.69, 9.17) is 18.9 Å². The molecule has 2 fully saturated rings. The van der Waals surface area contributed by atoms with E-state index in [1.165, 1.54) is 11.1 Å². The van der Waals surface area contributed by atoms with Crippen LogP contribution in [0.4, 0.5) is 0 Å². The normalized spacial score (nSPS) is 36.8. The van der Waals surface area contributed by atoms with Crippen LogP contribution in [0.1, 0.15) is 53.4 Å². The summed E-state index contributed by atoms with van der Waals surface area (Å²) in [5, 5.41) is 70.5. The third-order valence-corrected chi connectivity index (χ3v) is 6.78. The first-order valence-electron chi connectivity index (χ1n) is 13.1. The van der Waals surface area contributed by atoms with Crippen LogP contribution in [0.15, 0.2) is 34.9 Å². The summed E-state index contributed by atoms with van der Waals surface area (Å²) in [6.45, 7) is 7.13. The molecule has 0 aromatic carbocycles. The Kier molecular flexibility index (Phi) is 14.0. The Morgan fingerprint density at radius 2 is 1.21 bits per heavy atom. The van der Waals surface area contributed by atoms with Crippen LogP contribution in [0.3, 0.4) is 0 Å². The van der Waals surface area contributed by atoms with Gasteiger partial charge >= 0.3 is 0 Å². The number of ether oxygens (including phenoxy) is 4. The van der Waals surface area contributed by atoms with Crippen molar-refractivity contribution in [2.75, 3.05) is 19.8 Å². The predicted molar refractivity (Wildman–Crippen MR) is 138 cm³/mol. The SMILES string of the molecule is CC(C)=CCC/C(C)=C/CC/C(C)=C/CO[C@@H]1O[C@H](CO)[C@@H](O[C@H]2O[C@H](CO)[C@@H](O)[C@H](O)[C@H]2O)[C@H](O)[C@H]1O. The molecule has 0 saturated carbocycles. The lowest BCUT2D eigenvalue weighted by atomic mass is 9.97. The molecule has 0 bridgehead atoms. The molecule has 2 heterocycles. The van der Waals surface area contributed by atoms with Gasteiger partial charge in [0.25, 0.3) is 0 Å². The lowest BCUT2D eigenvalue weighted by Gasteiger charge is -2.45. The van der Waals surface area contributed by atoms with Crippen LogP contribution < -0.4 is 0 Å². The first kappa shape index (κ1) is 33.0. The van der Waals surface area contributed by atoms with Gasteiger partial charge in [-0.1, -0.05) is 34.9 Å². The summed E-state index contributed by atoms with van der Waals surface area (Å²) in [6, 6.07) is 0. The maximum atomic E-state index is 10.7. The van der Waals surface area contributed by atoms with Gasteiger partial charge < -0.3 is 54.7 Å². The minimum absolute atomic E-state index is 0.111. The minimum atomic E-state index is -1.71. The molecule has 0 spiro atoms. The number of hydrogen-bond donors (Lipinski definition) is 7. The molecule has 2 aliphatic heterocycles. The van der Waals surface area contributed by atoms with E-state index in [1.54, 1.807) is 0 Å². The van der Waals surface area contributed by atoms with E-state index in [1.807, 2.05) is 13.0 Å². The standard InChI is InChI=1S/C27H46O11/c1-15(2)7-5-8-16(3)9-6-10-17(4)11-12-35-26-24(34)22(32)25(19(14-29)37-26)38-27-23(33)21(31)20(30)18(13-28)36-27/h7,9,11,18-34H,5-6,8,10,12-14H2,1-4H3/b16-9+,17-11+/t18-,19-,20-,21+,22-,23-,24-,25-,26-,27-/m1/s1. The zero-order valence-electron chi connectivity index (χ0n) is 22.7. The van der Waals surface area contributed by atoms with Crippen molar-refractivity contribution in [1.29, 1.82) is 0 Å². The second kappa shape index (κ2) is 16.1. The number of rotatable bonds is 13. The van der Waals surface area contributed by atoms with Gasteiger partial charge in [0.2, 0.25) is 0 Å². The molecule has 0 radical (unpaired) electrons. The fourth-order valence-electron chi connectivity index (χ4n) is 4.32. The van der Waals surface area contributed by atoms with Crippen molar-refractivity contribution in [1.82, 2.24) is 0 Å². The van der Waals surface area contributed by atoms with Crippen molar-refractivity contribution in [3.05, 3.63) is 34.9 Å². The first-order valence-corrected chi connectivity index (χ1v) is 13.1. The van der Waals surface area contributed by atoms with Gasteiger partial charge in [0, 0.05) is 0 Å². The van der Waals surface area contributed by atoms with Gasteiger partial charge in [-0.25, -0.2) is 0 Å². The van der Waals surface area contributed by atoms with Gasteiger partial charge in [0.15, 0.2) is 12.6 Å². The molecular weight excluding hydrogens is 500 g/mol. The fourth-order valence-corrected chi connectivity index (χ4v) is 4.32. The van der Waals surface area contributed by atoms with Crippen LogP contribution in [0, 0.1) is 0 Å². The zero-order chi connectivity index (χ0) is 28.4. The van der Waals surface area contributed by atoms with Crippen LogP contribution in [-0.2, 0) is 18.9 Å². The largest absolute Gasteiger partial charge is 0.394 e. The summed E-state index contributed by atoms with van der Waals surface area (Å²) >= 11 is 0. The highest BCUT2D eigenvalue weighted by Gasteiger charge is 2.50. The van der Waals surface area contributed by atoms with E-state index < -0.39 is 74.6 Å². The Labute approximate surface area is 224 Å². The molecule has 7 N–H and O–H groups in total. The van der Waals surface area contributed by atoms with E-state index in [9.17, 15) is 35.7 Å². The Hall–Kier alpha value is -1.22. The lowest BCUT2D eigenvalue weighted by Crippen LogP contribution is -2.64. The maximum Gasteiger partial charge on any atom is 0.187 e. The van der Waals surface area contributed by atoms with Crippen LogP contribution in [-0.4, -0.2) is 117 Å². The molecular formula is C27H46O11. The van der Waals surface area contributed by atoms with Gasteiger partial charge in [-0.2, -0.15) is 0 Å². The predicted octanol–water partition coefficient (Wildman–Crippen LogP) is 0.0463. The average molecular weight is 547 g/mol. The molecule has 11 heteroatoms. The third kappa shape index (κ3) is 9.46. The van der Waals surface area contributed by atoms with E-state index in [0.717, 1.165) is 31.3 Å². The summed E-state index contributed by atoms with van der Waals surface area (Å²) in [7, 11) is 0. The summed E-state index contributed by atoms with van der Waals surface area (Å²) in [6.07, 6.45) is -4.56. The van der Waals surface area contributed by atoms with E-state index in [0.29, 0.717) is 0 Å². The minimum Gasteiger partial charge on any atom is -0.394 e. The molecule has 0 aliphatic carbocycles. The van der Waals surface area contributed by atoms with Crippen LogP contribution in [0.2, 0.25) is 0 Å².